The summed E-state index contributed by atoms with van der Waals surface area (Å²) < 4.78 is 19.4. The summed E-state index contributed by atoms with van der Waals surface area (Å²) in [5.74, 6) is 0.694. The molecule has 2 aromatic carbocycles. The maximum Gasteiger partial charge on any atom is 0.510 e. The summed E-state index contributed by atoms with van der Waals surface area (Å²) in [6.45, 7) is 8.22. The minimum atomic E-state index is -0.751. The van der Waals surface area contributed by atoms with Crippen LogP contribution < -0.4 is 15.2 Å². The van der Waals surface area contributed by atoms with Crippen LogP contribution in [-0.4, -0.2) is 61.6 Å². The number of thiophene rings is 1. The van der Waals surface area contributed by atoms with Gasteiger partial charge in [-0.2, -0.15) is 0 Å². The lowest BCUT2D eigenvalue weighted by atomic mass is 10.1. The fourth-order valence-corrected chi connectivity index (χ4v) is 6.77. The molecule has 0 N–H and O–H groups in total. The largest absolute Gasteiger partial charge is 0.510 e. The van der Waals surface area contributed by atoms with E-state index < -0.39 is 6.16 Å². The summed E-state index contributed by atoms with van der Waals surface area (Å²) in [7, 11) is 0. The summed E-state index contributed by atoms with van der Waals surface area (Å²) in [5.41, 5.74) is 1.77. The number of unbranched alkanes of at least 4 members (excludes halogenated alkanes) is 7. The van der Waals surface area contributed by atoms with E-state index >= 15 is 0 Å². The van der Waals surface area contributed by atoms with E-state index in [4.69, 9.17) is 14.2 Å². The van der Waals surface area contributed by atoms with Gasteiger partial charge in [-0.05, 0) is 73.0 Å². The number of anilines is 1. The van der Waals surface area contributed by atoms with Gasteiger partial charge in [0.1, 0.15) is 5.75 Å². The van der Waals surface area contributed by atoms with Crippen LogP contribution in [0.15, 0.2) is 64.8 Å². The molecule has 8 nitrogen and oxygen atoms in total. The SMILES string of the molecule is CCCCCCCCCOC(=O)OCn1c(=O)ccc2ccc(OCCCCN3CCN(c4cccc5sccc45)CC3)cc21. The van der Waals surface area contributed by atoms with Crippen molar-refractivity contribution in [3.05, 3.63) is 70.3 Å². The maximum absolute atomic E-state index is 12.6. The molecule has 4 aromatic rings. The molecule has 1 aliphatic rings. The monoisotopic (exact) mass is 633 g/mol. The van der Waals surface area contributed by atoms with Crippen LogP contribution in [0.25, 0.3) is 21.0 Å². The molecule has 0 unspecified atom stereocenters. The van der Waals surface area contributed by atoms with E-state index in [1.165, 1.54) is 52.1 Å². The van der Waals surface area contributed by atoms with Crippen LogP contribution in [0.1, 0.15) is 64.7 Å². The van der Waals surface area contributed by atoms with E-state index in [2.05, 4.69) is 46.4 Å². The van der Waals surface area contributed by atoms with Crippen molar-refractivity contribution in [1.29, 1.82) is 0 Å². The molecule has 1 saturated heterocycles. The number of pyridine rings is 1. The molecule has 1 aliphatic heterocycles. The molecule has 0 bridgehead atoms. The number of fused-ring (bicyclic) bond motifs is 2. The van der Waals surface area contributed by atoms with Crippen molar-refractivity contribution < 1.29 is 19.0 Å². The van der Waals surface area contributed by atoms with E-state index in [1.54, 1.807) is 17.4 Å². The Balaban J connectivity index is 1.01. The predicted octanol–water partition coefficient (Wildman–Crippen LogP) is 8.06. The summed E-state index contributed by atoms with van der Waals surface area (Å²) in [6, 6.07) is 17.8. The predicted molar refractivity (Wildman–Crippen MR) is 184 cm³/mol. The average Bonchev–Trinajstić information content (AvgIpc) is 3.55. The van der Waals surface area contributed by atoms with Gasteiger partial charge in [0.2, 0.25) is 0 Å². The van der Waals surface area contributed by atoms with E-state index in [1.807, 2.05) is 18.2 Å². The van der Waals surface area contributed by atoms with Crippen LogP contribution in [0.3, 0.4) is 0 Å². The van der Waals surface area contributed by atoms with Gasteiger partial charge in [-0.25, -0.2) is 4.79 Å². The third kappa shape index (κ3) is 9.47. The smallest absolute Gasteiger partial charge is 0.494 e. The second-order valence-electron chi connectivity index (χ2n) is 11.8. The minimum absolute atomic E-state index is 0.203. The Labute approximate surface area is 270 Å². The van der Waals surface area contributed by atoms with Gasteiger partial charge in [0.15, 0.2) is 6.73 Å². The van der Waals surface area contributed by atoms with Crippen LogP contribution in [0.2, 0.25) is 0 Å². The molecule has 0 saturated carbocycles. The Kier molecular flexibility index (Phi) is 12.6. The molecule has 0 spiro atoms. The first kappa shape index (κ1) is 32.8. The van der Waals surface area contributed by atoms with Gasteiger partial charge in [-0.3, -0.25) is 14.3 Å². The van der Waals surface area contributed by atoms with Crippen LogP contribution in [0.5, 0.6) is 5.75 Å². The first-order valence-corrected chi connectivity index (χ1v) is 17.5. The normalized spacial score (nSPS) is 13.8. The van der Waals surface area contributed by atoms with Crippen molar-refractivity contribution in [3.63, 3.8) is 0 Å². The molecule has 1 fully saturated rings. The highest BCUT2D eigenvalue weighted by atomic mass is 32.1. The molecular formula is C36H47N3O5S. The topological polar surface area (TPSA) is 73.2 Å². The van der Waals surface area contributed by atoms with Crippen molar-refractivity contribution in [1.82, 2.24) is 9.47 Å². The first-order valence-electron chi connectivity index (χ1n) is 16.6. The van der Waals surface area contributed by atoms with E-state index in [-0.39, 0.29) is 12.3 Å². The molecule has 3 heterocycles. The fourth-order valence-electron chi connectivity index (χ4n) is 5.96. The number of hydrogen-bond acceptors (Lipinski definition) is 8. The van der Waals surface area contributed by atoms with Crippen molar-refractivity contribution >= 4 is 44.2 Å². The number of piperazine rings is 1. The van der Waals surface area contributed by atoms with Crippen molar-refractivity contribution in [2.75, 3.05) is 50.8 Å². The van der Waals surface area contributed by atoms with Crippen molar-refractivity contribution in [3.8, 4) is 5.75 Å². The lowest BCUT2D eigenvalue weighted by molar-refractivity contribution is 0.0331. The standard InChI is InChI=1S/C36H47N3O5S/c1-2-3-4-5-6-7-9-25-43-36(41)44-28-39-33-27-30(16-14-29(33)15-17-35(39)40)42-24-10-8-19-37-20-22-38(23-21-37)32-12-11-13-34-31(32)18-26-45-34/h11-18,26-27H,2-10,19-25,28H2,1H3. The van der Waals surface area contributed by atoms with Gasteiger partial charge in [0, 0.05) is 54.1 Å². The van der Waals surface area contributed by atoms with Gasteiger partial charge in [-0.15, -0.1) is 11.3 Å². The quantitative estimate of drug-likeness (QED) is 0.0860. The lowest BCUT2D eigenvalue weighted by Gasteiger charge is -2.36. The number of nitrogens with zero attached hydrogens (tertiary/aromatic N) is 3. The maximum atomic E-state index is 12.6. The Morgan fingerprint density at radius 2 is 1.60 bits per heavy atom. The molecule has 9 heteroatoms. The highest BCUT2D eigenvalue weighted by molar-refractivity contribution is 7.17. The van der Waals surface area contributed by atoms with Gasteiger partial charge >= 0.3 is 6.16 Å². The van der Waals surface area contributed by atoms with Crippen LogP contribution in [0.4, 0.5) is 10.5 Å². The second kappa shape index (κ2) is 17.2. The van der Waals surface area contributed by atoms with Crippen LogP contribution in [-0.2, 0) is 16.2 Å². The van der Waals surface area contributed by atoms with E-state index in [0.29, 0.717) is 24.5 Å². The number of ether oxygens (including phenoxy) is 3. The Hall–Kier alpha value is -3.56. The molecule has 5 rings (SSSR count). The van der Waals surface area contributed by atoms with Crippen molar-refractivity contribution in [2.24, 2.45) is 0 Å². The zero-order valence-electron chi connectivity index (χ0n) is 26.6. The highest BCUT2D eigenvalue weighted by Crippen LogP contribution is 2.31. The minimum Gasteiger partial charge on any atom is -0.494 e. The first-order chi connectivity index (χ1) is 22.1. The summed E-state index contributed by atoms with van der Waals surface area (Å²) >= 11 is 1.80. The van der Waals surface area contributed by atoms with Gasteiger partial charge in [-0.1, -0.05) is 51.5 Å². The number of carbonyl (C=O) groups is 1. The van der Waals surface area contributed by atoms with Gasteiger partial charge in [0.05, 0.1) is 18.7 Å². The number of carbonyl (C=O) groups excluding carboxylic acids is 1. The number of hydrogen-bond donors (Lipinski definition) is 0. The van der Waals surface area contributed by atoms with E-state index in [9.17, 15) is 9.59 Å². The van der Waals surface area contributed by atoms with Crippen molar-refractivity contribution in [2.45, 2.75) is 71.4 Å². The average molecular weight is 634 g/mol. The molecule has 0 amide bonds. The van der Waals surface area contributed by atoms with Gasteiger partial charge < -0.3 is 19.1 Å². The summed E-state index contributed by atoms with van der Waals surface area (Å²) in [6.07, 6.45) is 9.26. The Bertz CT molecular complexity index is 1560. The molecule has 45 heavy (non-hydrogen) atoms. The fraction of sp³-hybridized carbons (Fsp3) is 0.500. The second-order valence-corrected chi connectivity index (χ2v) is 12.8. The lowest BCUT2D eigenvalue weighted by Crippen LogP contribution is -2.46. The zero-order valence-corrected chi connectivity index (χ0v) is 27.4. The molecular weight excluding hydrogens is 586 g/mol. The molecule has 0 atom stereocenters. The Morgan fingerprint density at radius 3 is 2.44 bits per heavy atom. The number of benzene rings is 2. The molecule has 0 radical (unpaired) electrons. The highest BCUT2D eigenvalue weighted by Gasteiger charge is 2.18. The van der Waals surface area contributed by atoms with E-state index in [0.717, 1.165) is 70.2 Å². The molecule has 0 aliphatic carbocycles. The third-order valence-corrected chi connectivity index (χ3v) is 9.45. The summed E-state index contributed by atoms with van der Waals surface area (Å²) in [4.78, 5) is 29.8. The third-order valence-electron chi connectivity index (χ3n) is 8.57. The zero-order chi connectivity index (χ0) is 31.3. The van der Waals surface area contributed by atoms with Crippen LogP contribution in [0, 0.1) is 0 Å². The van der Waals surface area contributed by atoms with Gasteiger partial charge in [0.25, 0.3) is 5.56 Å². The van der Waals surface area contributed by atoms with Crippen LogP contribution >= 0.6 is 11.3 Å². The number of aromatic nitrogens is 1. The number of rotatable bonds is 17. The summed E-state index contributed by atoms with van der Waals surface area (Å²) in [5, 5.41) is 4.41. The molecule has 2 aromatic heterocycles. The molecule has 242 valence electrons. The Morgan fingerprint density at radius 1 is 0.822 bits per heavy atom.